The molecule has 4 saturated heterocycles. The van der Waals surface area contributed by atoms with Gasteiger partial charge in [-0.25, -0.2) is 0 Å². The van der Waals surface area contributed by atoms with Crippen molar-refractivity contribution in [3.05, 3.63) is 0 Å². The molecular weight excluding hydrogens is 704 g/mol. The molecule has 23 unspecified atom stereocenters. The summed E-state index contributed by atoms with van der Waals surface area (Å²) in [4.78, 5) is 0. The summed E-state index contributed by atoms with van der Waals surface area (Å²) < 4.78 is 40.1. The van der Waals surface area contributed by atoms with Crippen LogP contribution in [0.25, 0.3) is 0 Å². The van der Waals surface area contributed by atoms with Crippen molar-refractivity contribution in [3.63, 3.8) is 0 Å². The Bertz CT molecular complexity index is 1140. The fourth-order valence-electron chi connectivity index (χ4n) is 8.50. The zero-order valence-electron chi connectivity index (χ0n) is 28.4. The second-order valence-electron chi connectivity index (χ2n) is 15.0. The molecule has 0 amide bonds. The molecule has 0 spiro atoms. The van der Waals surface area contributed by atoms with E-state index in [-0.39, 0.29) is 38.0 Å². The summed E-state index contributed by atoms with van der Waals surface area (Å²) in [6.45, 7) is -1.78. The van der Waals surface area contributed by atoms with Gasteiger partial charge in [0, 0.05) is 18.8 Å². The van der Waals surface area contributed by atoms with E-state index in [1.54, 1.807) is 0 Å². The number of aliphatic hydroxyl groups is 15. The number of fused-ring (bicyclic) bond motifs is 1. The van der Waals surface area contributed by atoms with Crippen LogP contribution in [0.5, 0.6) is 0 Å². The maximum atomic E-state index is 11.4. The molecule has 0 aromatic heterocycles. The average molecular weight is 760 g/mol. The van der Waals surface area contributed by atoms with Gasteiger partial charge in [-0.05, 0) is 25.7 Å². The SMILES string of the molecule is OCC1OC(OC2CC(O)C3CC(OC4OC(CO)C(O)C(O)C4OC4OCC(O)C(O)C4O)C(C4CCC(O)C(O)C4)[OH+]C3C2)C(O)C(O)C1O. The van der Waals surface area contributed by atoms with Gasteiger partial charge < -0.3 is 99.5 Å². The Labute approximate surface area is 298 Å². The van der Waals surface area contributed by atoms with Crippen LogP contribution >= 0.6 is 0 Å². The topological polar surface area (TPSA) is 331 Å². The highest BCUT2D eigenvalue weighted by atomic mass is 16.8. The van der Waals surface area contributed by atoms with E-state index in [4.69, 9.17) is 33.2 Å². The van der Waals surface area contributed by atoms with Crippen molar-refractivity contribution < 1.29 is 99.5 Å². The fourth-order valence-corrected chi connectivity index (χ4v) is 8.50. The van der Waals surface area contributed by atoms with E-state index in [1.807, 2.05) is 0 Å². The molecule has 0 aromatic rings. The molecule has 4 heterocycles. The van der Waals surface area contributed by atoms with Crippen molar-refractivity contribution in [3.8, 4) is 0 Å². The summed E-state index contributed by atoms with van der Waals surface area (Å²) in [6, 6.07) is 0. The van der Waals surface area contributed by atoms with E-state index in [9.17, 15) is 66.4 Å². The third kappa shape index (κ3) is 8.32. The molecule has 6 aliphatic rings. The Balaban J connectivity index is 1.21. The Hall–Kier alpha value is -0.800. The van der Waals surface area contributed by atoms with Gasteiger partial charge in [0.1, 0.15) is 73.2 Å². The molecule has 20 nitrogen and oxygen atoms in total. The second-order valence-corrected chi connectivity index (χ2v) is 15.0. The first-order chi connectivity index (χ1) is 24.7. The minimum atomic E-state index is -1.76. The zero-order valence-corrected chi connectivity index (χ0v) is 28.4. The lowest BCUT2D eigenvalue weighted by Crippen LogP contribution is -2.65. The molecule has 6 rings (SSSR count). The summed E-state index contributed by atoms with van der Waals surface area (Å²) in [5, 5.41) is 135. The van der Waals surface area contributed by atoms with Crippen molar-refractivity contribution in [1.82, 2.24) is 0 Å². The first-order valence-electron chi connectivity index (χ1n) is 18.0. The van der Waals surface area contributed by atoms with Gasteiger partial charge in [0.2, 0.25) is 0 Å². The van der Waals surface area contributed by atoms with E-state index in [1.165, 1.54) is 0 Å². The molecule has 302 valence electrons. The van der Waals surface area contributed by atoms with Crippen LogP contribution in [0, 0.1) is 11.8 Å². The van der Waals surface area contributed by atoms with Gasteiger partial charge in [-0.2, -0.15) is 0 Å². The molecule has 0 aromatic carbocycles. The van der Waals surface area contributed by atoms with Crippen molar-refractivity contribution >= 4 is 0 Å². The molecule has 2 saturated carbocycles. The van der Waals surface area contributed by atoms with Crippen LogP contribution < -0.4 is 0 Å². The molecule has 6 fully saturated rings. The highest BCUT2D eigenvalue weighted by Gasteiger charge is 2.57. The highest BCUT2D eigenvalue weighted by Crippen LogP contribution is 2.43. The van der Waals surface area contributed by atoms with E-state index >= 15 is 0 Å². The first kappa shape index (κ1) is 40.9. The van der Waals surface area contributed by atoms with Crippen LogP contribution in [-0.2, 0) is 28.4 Å². The maximum absolute atomic E-state index is 11.4. The van der Waals surface area contributed by atoms with Crippen LogP contribution in [0.2, 0.25) is 0 Å². The van der Waals surface area contributed by atoms with Gasteiger partial charge >= 0.3 is 0 Å². The summed E-state index contributed by atoms with van der Waals surface area (Å²) in [5.74, 6) is -0.872. The quantitative estimate of drug-likeness (QED) is 0.0971. The number of ether oxygens (including phenoxy) is 7. The van der Waals surface area contributed by atoms with Crippen molar-refractivity contribution in [2.24, 2.45) is 11.8 Å². The van der Waals surface area contributed by atoms with Crippen molar-refractivity contribution in [1.29, 1.82) is 0 Å². The number of rotatable bonds is 9. The van der Waals surface area contributed by atoms with E-state index in [0.29, 0.717) is 6.42 Å². The van der Waals surface area contributed by atoms with E-state index < -0.39 is 154 Å². The van der Waals surface area contributed by atoms with E-state index in [0.717, 1.165) is 0 Å². The normalized spacial score (nSPS) is 54.8. The second kappa shape index (κ2) is 17.1. The summed E-state index contributed by atoms with van der Waals surface area (Å²) in [5.41, 5.74) is 0. The van der Waals surface area contributed by atoms with Gasteiger partial charge in [-0.3, -0.25) is 0 Å². The van der Waals surface area contributed by atoms with Gasteiger partial charge in [0.25, 0.3) is 0 Å². The molecule has 52 heavy (non-hydrogen) atoms. The Morgan fingerprint density at radius 2 is 1.19 bits per heavy atom. The first-order valence-corrected chi connectivity index (χ1v) is 18.0. The number of aliphatic hydroxyl groups excluding tert-OH is 13. The molecule has 0 radical (unpaired) electrons. The summed E-state index contributed by atoms with van der Waals surface area (Å²) >= 11 is 0. The minimum absolute atomic E-state index is 0.0473. The monoisotopic (exact) mass is 759 g/mol. The highest BCUT2D eigenvalue weighted by molar-refractivity contribution is 5.00. The van der Waals surface area contributed by atoms with Gasteiger partial charge in [0.15, 0.2) is 31.1 Å². The lowest BCUT2D eigenvalue weighted by Gasteiger charge is -2.50. The predicted molar refractivity (Wildman–Crippen MR) is 166 cm³/mol. The van der Waals surface area contributed by atoms with Crippen LogP contribution in [-0.4, -0.2) is 220 Å². The molecule has 2 aliphatic carbocycles. The van der Waals surface area contributed by atoms with Gasteiger partial charge in [-0.15, -0.1) is 0 Å². The Morgan fingerprint density at radius 1 is 0.538 bits per heavy atom. The molecule has 23 atom stereocenters. The fraction of sp³-hybridized carbons (Fsp3) is 1.00. The lowest BCUT2D eigenvalue weighted by molar-refractivity contribution is -0.383. The maximum Gasteiger partial charge on any atom is 0.187 e. The van der Waals surface area contributed by atoms with E-state index in [2.05, 4.69) is 0 Å². The van der Waals surface area contributed by atoms with Crippen molar-refractivity contribution in [2.75, 3.05) is 19.8 Å². The van der Waals surface area contributed by atoms with Crippen LogP contribution in [0.3, 0.4) is 0 Å². The predicted octanol–water partition coefficient (Wildman–Crippen LogP) is -7.22. The average Bonchev–Trinajstić information content (AvgIpc) is 3.12. The third-order valence-electron chi connectivity index (χ3n) is 11.6. The Morgan fingerprint density at radius 3 is 1.87 bits per heavy atom. The third-order valence-corrected chi connectivity index (χ3v) is 11.6. The number of hydrogen-bond acceptors (Lipinski definition) is 19. The van der Waals surface area contributed by atoms with Gasteiger partial charge in [-0.1, -0.05) is 0 Å². The summed E-state index contributed by atoms with van der Waals surface area (Å²) in [6.07, 6.45) is -26.4. The van der Waals surface area contributed by atoms with Crippen LogP contribution in [0.15, 0.2) is 0 Å². The molecule has 0 bridgehead atoms. The lowest BCUT2D eigenvalue weighted by atomic mass is 9.72. The smallest absolute Gasteiger partial charge is 0.187 e. The van der Waals surface area contributed by atoms with Crippen LogP contribution in [0.1, 0.15) is 38.5 Å². The molecule has 4 aliphatic heterocycles. The van der Waals surface area contributed by atoms with Gasteiger partial charge in [0.05, 0.1) is 50.2 Å². The zero-order chi connectivity index (χ0) is 37.6. The summed E-state index contributed by atoms with van der Waals surface area (Å²) in [7, 11) is 0. The number of hydrogen-bond donors (Lipinski definition) is 13. The standard InChI is InChI=1S/C32H54O20/c33-7-19-22(40)24(42)27(45)31(50-19)47-11-4-14(36)12-6-18(28(48-17(12)5-11)10-1-2-13(35)15(37)3-10)49-32-29(25(43)23(41)20(8-34)51-32)52-30-26(44)21(39)16(38)9-46-30/h10-45H,1-9H2/p+1. The van der Waals surface area contributed by atoms with Crippen LogP contribution in [0.4, 0.5) is 0 Å². The largest absolute Gasteiger partial charge is 0.427 e. The minimum Gasteiger partial charge on any atom is -0.427 e. The molecule has 14 N–H and O–H groups in total. The molecule has 20 heteroatoms. The van der Waals surface area contributed by atoms with Crippen molar-refractivity contribution in [2.45, 2.75) is 167 Å². The Kier molecular flexibility index (Phi) is 13.5. The molecular formula is C32H55O20+.